The molecule has 0 amide bonds. The average molecular weight is 432 g/mol. The Hall–Kier alpha value is -3.39. The normalized spacial score (nSPS) is 20.4. The second-order valence-corrected chi connectivity index (χ2v) is 8.74. The van der Waals surface area contributed by atoms with E-state index in [0.29, 0.717) is 0 Å². The Morgan fingerprint density at radius 3 is 2.72 bits per heavy atom. The van der Waals surface area contributed by atoms with Crippen molar-refractivity contribution in [3.8, 4) is 17.0 Å². The van der Waals surface area contributed by atoms with Gasteiger partial charge in [0.1, 0.15) is 6.10 Å². The smallest absolute Gasteiger partial charge is 0.219 e. The number of aryl methyl sites for hydroxylation is 3. The molecule has 0 radical (unpaired) electrons. The summed E-state index contributed by atoms with van der Waals surface area (Å²) in [6.45, 7) is 7.13. The molecule has 0 aliphatic carbocycles. The van der Waals surface area contributed by atoms with Gasteiger partial charge in [-0.2, -0.15) is 15.3 Å². The Labute approximate surface area is 187 Å². The predicted molar refractivity (Wildman–Crippen MR) is 126 cm³/mol. The van der Waals surface area contributed by atoms with Crippen molar-refractivity contribution in [2.24, 2.45) is 14.1 Å². The molecule has 5 rings (SSSR count). The quantitative estimate of drug-likeness (QED) is 0.456. The van der Waals surface area contributed by atoms with E-state index in [1.165, 1.54) is 5.69 Å². The van der Waals surface area contributed by atoms with Crippen LogP contribution in [0.25, 0.3) is 34.2 Å². The molecule has 0 saturated carbocycles. The maximum absolute atomic E-state index is 6.43. The molecule has 32 heavy (non-hydrogen) atoms. The molecular weight excluding hydrogens is 402 g/mol. The number of rotatable bonds is 0. The van der Waals surface area contributed by atoms with Gasteiger partial charge in [0, 0.05) is 37.6 Å². The van der Waals surface area contributed by atoms with Crippen molar-refractivity contribution in [1.82, 2.24) is 34.7 Å². The largest absolute Gasteiger partial charge is 0.473 e. The van der Waals surface area contributed by atoms with E-state index >= 15 is 0 Å². The maximum atomic E-state index is 6.43. The van der Waals surface area contributed by atoms with Gasteiger partial charge in [0.25, 0.3) is 0 Å². The van der Waals surface area contributed by atoms with E-state index in [-0.39, 0.29) is 12.1 Å². The van der Waals surface area contributed by atoms with Crippen LogP contribution in [-0.2, 0) is 14.1 Å². The van der Waals surface area contributed by atoms with Gasteiger partial charge >= 0.3 is 0 Å². The lowest BCUT2D eigenvalue weighted by molar-refractivity contribution is 0.129. The van der Waals surface area contributed by atoms with Crippen LogP contribution >= 0.6 is 0 Å². The zero-order valence-electron chi connectivity index (χ0n) is 19.4. The fourth-order valence-corrected chi connectivity index (χ4v) is 4.65. The zero-order valence-corrected chi connectivity index (χ0v) is 19.4. The third-order valence-corrected chi connectivity index (χ3v) is 6.42. The molecule has 2 atom stereocenters. The number of ether oxygens (including phenoxy) is 1. The fraction of sp³-hybridized carbons (Fsp3) is 0.375. The first kappa shape index (κ1) is 20.5. The zero-order chi connectivity index (χ0) is 22.6. The molecule has 1 aliphatic heterocycles. The minimum absolute atomic E-state index is 0.0248. The van der Waals surface area contributed by atoms with E-state index in [2.05, 4.69) is 78.4 Å². The molecule has 4 aromatic rings. The van der Waals surface area contributed by atoms with Crippen molar-refractivity contribution in [2.45, 2.75) is 32.9 Å². The molecule has 0 spiro atoms. The molecular formula is C24H29N7O. The van der Waals surface area contributed by atoms with Crippen molar-refractivity contribution < 1.29 is 4.74 Å². The third-order valence-electron chi connectivity index (χ3n) is 6.42. The number of benzene rings is 1. The predicted octanol–water partition coefficient (Wildman–Crippen LogP) is 3.95. The lowest BCUT2D eigenvalue weighted by Crippen LogP contribution is -2.34. The van der Waals surface area contributed by atoms with Gasteiger partial charge in [-0.25, -0.2) is 4.68 Å². The van der Waals surface area contributed by atoms with E-state index in [0.717, 1.165) is 51.4 Å². The van der Waals surface area contributed by atoms with Gasteiger partial charge in [-0.3, -0.25) is 14.7 Å². The Kier molecular flexibility index (Phi) is 4.89. The van der Waals surface area contributed by atoms with Crippen LogP contribution in [0.5, 0.6) is 5.88 Å². The molecule has 166 valence electrons. The fourth-order valence-electron chi connectivity index (χ4n) is 4.65. The minimum atomic E-state index is -0.0248. The number of fused-ring (bicyclic) bond motifs is 4. The van der Waals surface area contributed by atoms with Gasteiger partial charge in [0.05, 0.1) is 34.4 Å². The topological polar surface area (TPSA) is 76.8 Å². The highest BCUT2D eigenvalue weighted by Gasteiger charge is 2.24. The number of likely N-dealkylation sites (N-methyl/N-ethyl adjacent to an activating group) is 1. The lowest BCUT2D eigenvalue weighted by atomic mass is 10.0. The molecule has 8 nitrogen and oxygen atoms in total. The molecule has 2 bridgehead atoms. The maximum Gasteiger partial charge on any atom is 0.219 e. The van der Waals surface area contributed by atoms with Crippen molar-refractivity contribution in [1.29, 1.82) is 0 Å². The molecule has 1 aromatic carbocycles. The van der Waals surface area contributed by atoms with Crippen LogP contribution in [0, 0.1) is 6.92 Å². The number of nitrogens with one attached hydrogen (secondary N) is 1. The molecule has 0 unspecified atom stereocenters. The van der Waals surface area contributed by atoms with Crippen LogP contribution in [0.2, 0.25) is 0 Å². The second kappa shape index (κ2) is 7.63. The van der Waals surface area contributed by atoms with Gasteiger partial charge in [-0.1, -0.05) is 6.07 Å². The first-order valence-corrected chi connectivity index (χ1v) is 10.9. The van der Waals surface area contributed by atoms with E-state index in [1.807, 2.05) is 25.0 Å². The van der Waals surface area contributed by atoms with Gasteiger partial charge < -0.3 is 4.74 Å². The molecule has 4 heterocycles. The summed E-state index contributed by atoms with van der Waals surface area (Å²) in [6, 6.07) is 6.45. The van der Waals surface area contributed by atoms with Crippen LogP contribution in [-0.4, -0.2) is 54.4 Å². The lowest BCUT2D eigenvalue weighted by Gasteiger charge is -2.28. The Bertz CT molecular complexity index is 1330. The SMILES string of the molecule is Cc1nn(C)c2c1/C=C/c1n[nH]c3ccc(cc13)-c1cnn(C)c1O[C@@H](C)CN(C)[C@H]2C. The summed E-state index contributed by atoms with van der Waals surface area (Å²) >= 11 is 0. The molecule has 8 heteroatoms. The van der Waals surface area contributed by atoms with Gasteiger partial charge in [-0.05, 0) is 57.7 Å². The number of aromatic nitrogens is 6. The average Bonchev–Trinajstić information content (AvgIpc) is 3.40. The third kappa shape index (κ3) is 3.31. The van der Waals surface area contributed by atoms with Crippen LogP contribution in [0.15, 0.2) is 24.4 Å². The monoisotopic (exact) mass is 431 g/mol. The van der Waals surface area contributed by atoms with Crippen molar-refractivity contribution in [2.75, 3.05) is 13.6 Å². The summed E-state index contributed by atoms with van der Waals surface area (Å²) in [4.78, 5) is 2.31. The summed E-state index contributed by atoms with van der Waals surface area (Å²) in [6.07, 6.45) is 6.06. The Morgan fingerprint density at radius 1 is 1.09 bits per heavy atom. The molecule has 3 aromatic heterocycles. The molecule has 0 fully saturated rings. The van der Waals surface area contributed by atoms with Crippen molar-refractivity contribution >= 4 is 23.1 Å². The van der Waals surface area contributed by atoms with Crippen LogP contribution < -0.4 is 4.74 Å². The van der Waals surface area contributed by atoms with Crippen LogP contribution in [0.4, 0.5) is 0 Å². The highest BCUT2D eigenvalue weighted by Crippen LogP contribution is 2.34. The van der Waals surface area contributed by atoms with Crippen LogP contribution in [0.1, 0.15) is 42.5 Å². The Balaban J connectivity index is 1.72. The van der Waals surface area contributed by atoms with Gasteiger partial charge in [0.2, 0.25) is 5.88 Å². The van der Waals surface area contributed by atoms with Crippen molar-refractivity contribution in [3.05, 3.63) is 47.0 Å². The minimum Gasteiger partial charge on any atom is -0.473 e. The first-order chi connectivity index (χ1) is 15.3. The van der Waals surface area contributed by atoms with E-state index in [1.54, 1.807) is 4.68 Å². The summed E-state index contributed by atoms with van der Waals surface area (Å²) in [5, 5.41) is 17.9. The number of nitrogens with zero attached hydrogens (tertiary/aromatic N) is 6. The molecule has 1 aliphatic rings. The van der Waals surface area contributed by atoms with Crippen molar-refractivity contribution in [3.63, 3.8) is 0 Å². The molecule has 1 N–H and O–H groups in total. The van der Waals surface area contributed by atoms with E-state index < -0.39 is 0 Å². The Morgan fingerprint density at radius 2 is 1.91 bits per heavy atom. The van der Waals surface area contributed by atoms with E-state index in [9.17, 15) is 0 Å². The second-order valence-electron chi connectivity index (χ2n) is 8.74. The summed E-state index contributed by atoms with van der Waals surface area (Å²) in [5.41, 5.74) is 7.23. The van der Waals surface area contributed by atoms with E-state index in [4.69, 9.17) is 9.84 Å². The van der Waals surface area contributed by atoms with Gasteiger partial charge in [-0.15, -0.1) is 0 Å². The number of hydrogen-bond acceptors (Lipinski definition) is 5. The highest BCUT2D eigenvalue weighted by atomic mass is 16.5. The van der Waals surface area contributed by atoms with Crippen LogP contribution in [0.3, 0.4) is 0 Å². The number of hydrogen-bond donors (Lipinski definition) is 1. The first-order valence-electron chi connectivity index (χ1n) is 10.9. The summed E-state index contributed by atoms with van der Waals surface area (Å²) < 4.78 is 10.2. The number of H-pyrrole nitrogens is 1. The highest BCUT2D eigenvalue weighted by molar-refractivity contribution is 5.93. The summed E-state index contributed by atoms with van der Waals surface area (Å²) in [5.74, 6) is 0.769. The number of aromatic amines is 1. The summed E-state index contributed by atoms with van der Waals surface area (Å²) in [7, 11) is 6.06. The molecule has 0 saturated heterocycles. The van der Waals surface area contributed by atoms with Gasteiger partial charge in [0.15, 0.2) is 0 Å². The standard InChI is InChI=1S/C24H29N7O/c1-14-13-29(4)16(3)23-18(15(2)28-30(23)5)8-10-22-19-11-17(7-9-21(19)26-27-22)20-12-25-31(6)24(20)32-14/h7-12,14,16H,13H2,1-6H3,(H,26,27)/b10-8+/t14-,16-/m0/s1.